The van der Waals surface area contributed by atoms with Crippen molar-refractivity contribution in [2.75, 3.05) is 13.2 Å². The van der Waals surface area contributed by atoms with Gasteiger partial charge in [0, 0.05) is 19.2 Å². The van der Waals surface area contributed by atoms with Crippen LogP contribution in [0.2, 0.25) is 0 Å². The molecule has 0 saturated carbocycles. The summed E-state index contributed by atoms with van der Waals surface area (Å²) in [5.74, 6) is -0.256. The maximum absolute atomic E-state index is 11.4. The van der Waals surface area contributed by atoms with Crippen molar-refractivity contribution in [2.24, 2.45) is 5.73 Å². The SMILES string of the molecule is CCCNC(=O)COc1cc(CN)ccc1[N+](=O)[O-]. The Morgan fingerprint density at radius 2 is 2.26 bits per heavy atom. The minimum atomic E-state index is -0.556. The van der Waals surface area contributed by atoms with Crippen LogP contribution in [-0.2, 0) is 11.3 Å². The van der Waals surface area contributed by atoms with E-state index in [9.17, 15) is 14.9 Å². The van der Waals surface area contributed by atoms with Gasteiger partial charge in [0.1, 0.15) is 0 Å². The molecule has 0 aliphatic carbocycles. The van der Waals surface area contributed by atoms with Gasteiger partial charge in [0.2, 0.25) is 0 Å². The smallest absolute Gasteiger partial charge is 0.310 e. The maximum Gasteiger partial charge on any atom is 0.310 e. The lowest BCUT2D eigenvalue weighted by Crippen LogP contribution is -2.29. The van der Waals surface area contributed by atoms with Gasteiger partial charge in [-0.05, 0) is 18.1 Å². The van der Waals surface area contributed by atoms with Gasteiger partial charge in [-0.25, -0.2) is 0 Å². The number of nitro benzene ring substituents is 1. The second-order valence-electron chi connectivity index (χ2n) is 3.90. The van der Waals surface area contributed by atoms with Crippen molar-refractivity contribution in [3.05, 3.63) is 33.9 Å². The number of hydrogen-bond acceptors (Lipinski definition) is 5. The van der Waals surface area contributed by atoms with E-state index in [-0.39, 0.29) is 30.5 Å². The van der Waals surface area contributed by atoms with Crippen LogP contribution < -0.4 is 15.8 Å². The van der Waals surface area contributed by atoms with Crippen molar-refractivity contribution in [3.8, 4) is 5.75 Å². The van der Waals surface area contributed by atoms with E-state index in [4.69, 9.17) is 10.5 Å². The summed E-state index contributed by atoms with van der Waals surface area (Å²) in [6.45, 7) is 2.47. The molecule has 1 aromatic carbocycles. The van der Waals surface area contributed by atoms with Crippen LogP contribution in [0.15, 0.2) is 18.2 Å². The zero-order valence-electron chi connectivity index (χ0n) is 10.7. The number of carbonyl (C=O) groups is 1. The van der Waals surface area contributed by atoms with Gasteiger partial charge in [-0.3, -0.25) is 14.9 Å². The molecule has 19 heavy (non-hydrogen) atoms. The highest BCUT2D eigenvalue weighted by atomic mass is 16.6. The highest BCUT2D eigenvalue weighted by molar-refractivity contribution is 5.77. The average molecular weight is 267 g/mol. The Balaban J connectivity index is 2.74. The molecule has 0 aliphatic heterocycles. The van der Waals surface area contributed by atoms with Gasteiger partial charge in [0.25, 0.3) is 5.91 Å². The quantitative estimate of drug-likeness (QED) is 0.565. The van der Waals surface area contributed by atoms with E-state index in [0.717, 1.165) is 6.42 Å². The largest absolute Gasteiger partial charge is 0.477 e. The number of hydrogen-bond donors (Lipinski definition) is 2. The number of ether oxygens (including phenoxy) is 1. The third kappa shape index (κ3) is 4.55. The minimum absolute atomic E-state index is 0.0552. The molecule has 0 unspecified atom stereocenters. The Morgan fingerprint density at radius 3 is 2.84 bits per heavy atom. The fourth-order valence-electron chi connectivity index (χ4n) is 1.41. The van der Waals surface area contributed by atoms with Crippen molar-refractivity contribution < 1.29 is 14.5 Å². The summed E-state index contributed by atoms with van der Waals surface area (Å²) in [5.41, 5.74) is 5.99. The van der Waals surface area contributed by atoms with Gasteiger partial charge in [0.15, 0.2) is 12.4 Å². The predicted molar refractivity (Wildman–Crippen MR) is 69.8 cm³/mol. The van der Waals surface area contributed by atoms with Gasteiger partial charge >= 0.3 is 5.69 Å². The van der Waals surface area contributed by atoms with Gasteiger partial charge in [-0.1, -0.05) is 13.0 Å². The molecule has 1 aromatic rings. The van der Waals surface area contributed by atoms with Gasteiger partial charge < -0.3 is 15.8 Å². The maximum atomic E-state index is 11.4. The molecular weight excluding hydrogens is 250 g/mol. The number of rotatable bonds is 7. The van der Waals surface area contributed by atoms with Crippen LogP contribution in [0, 0.1) is 10.1 Å². The topological polar surface area (TPSA) is 107 Å². The third-order valence-corrected chi connectivity index (χ3v) is 2.39. The van der Waals surface area contributed by atoms with Crippen LogP contribution in [0.4, 0.5) is 5.69 Å². The van der Waals surface area contributed by atoms with E-state index in [2.05, 4.69) is 5.32 Å². The van der Waals surface area contributed by atoms with Crippen molar-refractivity contribution >= 4 is 11.6 Å². The van der Waals surface area contributed by atoms with Crippen LogP contribution in [0.3, 0.4) is 0 Å². The zero-order chi connectivity index (χ0) is 14.3. The highest BCUT2D eigenvalue weighted by Gasteiger charge is 2.16. The van der Waals surface area contributed by atoms with Crippen LogP contribution in [0.25, 0.3) is 0 Å². The number of benzene rings is 1. The van der Waals surface area contributed by atoms with E-state index in [0.29, 0.717) is 12.1 Å². The number of amides is 1. The number of nitrogens with zero attached hydrogens (tertiary/aromatic N) is 1. The normalized spacial score (nSPS) is 10.0. The molecule has 1 rings (SSSR count). The summed E-state index contributed by atoms with van der Waals surface area (Å²) < 4.78 is 5.19. The third-order valence-electron chi connectivity index (χ3n) is 2.39. The number of carbonyl (C=O) groups excluding carboxylic acids is 1. The van der Waals surface area contributed by atoms with E-state index in [1.807, 2.05) is 6.92 Å². The van der Waals surface area contributed by atoms with Crippen LogP contribution in [-0.4, -0.2) is 24.0 Å². The van der Waals surface area contributed by atoms with E-state index < -0.39 is 4.92 Å². The predicted octanol–water partition coefficient (Wildman–Crippen LogP) is 0.959. The van der Waals surface area contributed by atoms with Gasteiger partial charge in [-0.15, -0.1) is 0 Å². The lowest BCUT2D eigenvalue weighted by Gasteiger charge is -2.08. The molecule has 0 aliphatic rings. The highest BCUT2D eigenvalue weighted by Crippen LogP contribution is 2.27. The first kappa shape index (κ1) is 14.9. The molecule has 0 spiro atoms. The van der Waals surface area contributed by atoms with Gasteiger partial charge in [-0.2, -0.15) is 0 Å². The van der Waals surface area contributed by atoms with Crippen molar-refractivity contribution in [3.63, 3.8) is 0 Å². The standard InChI is InChI=1S/C12H17N3O4/c1-2-5-14-12(16)8-19-11-6-9(7-13)3-4-10(11)15(17)18/h3-4,6H,2,5,7-8,13H2,1H3,(H,14,16). The summed E-state index contributed by atoms with van der Waals surface area (Å²) >= 11 is 0. The molecule has 7 heteroatoms. The van der Waals surface area contributed by atoms with Crippen LogP contribution >= 0.6 is 0 Å². The molecule has 1 amide bonds. The van der Waals surface area contributed by atoms with Gasteiger partial charge in [0.05, 0.1) is 4.92 Å². The Morgan fingerprint density at radius 1 is 1.53 bits per heavy atom. The lowest BCUT2D eigenvalue weighted by atomic mass is 10.2. The molecule has 0 aromatic heterocycles. The van der Waals surface area contributed by atoms with Crippen molar-refractivity contribution in [1.29, 1.82) is 0 Å². The Labute approximate surface area is 110 Å². The molecule has 104 valence electrons. The summed E-state index contributed by atoms with van der Waals surface area (Å²) in [6.07, 6.45) is 0.814. The fourth-order valence-corrected chi connectivity index (χ4v) is 1.41. The fraction of sp³-hybridized carbons (Fsp3) is 0.417. The second-order valence-corrected chi connectivity index (χ2v) is 3.90. The average Bonchev–Trinajstić information content (AvgIpc) is 2.42. The Hall–Kier alpha value is -2.15. The van der Waals surface area contributed by atoms with Crippen molar-refractivity contribution in [1.82, 2.24) is 5.32 Å². The molecule has 0 fully saturated rings. The first-order valence-corrected chi connectivity index (χ1v) is 5.95. The summed E-state index contributed by atoms with van der Waals surface area (Å²) in [6, 6.07) is 4.36. The number of nitrogens with two attached hydrogens (primary N) is 1. The van der Waals surface area contributed by atoms with E-state index in [1.54, 1.807) is 6.07 Å². The summed E-state index contributed by atoms with van der Waals surface area (Å²) in [4.78, 5) is 21.7. The minimum Gasteiger partial charge on any atom is -0.477 e. The zero-order valence-corrected chi connectivity index (χ0v) is 10.7. The summed E-state index contributed by atoms with van der Waals surface area (Å²) in [5, 5.41) is 13.5. The van der Waals surface area contributed by atoms with Crippen molar-refractivity contribution in [2.45, 2.75) is 19.9 Å². The first-order valence-electron chi connectivity index (χ1n) is 5.95. The molecule has 7 nitrogen and oxygen atoms in total. The molecule has 0 heterocycles. The molecule has 0 atom stereocenters. The molecule has 0 bridgehead atoms. The second kappa shape index (κ2) is 7.32. The molecule has 0 radical (unpaired) electrons. The summed E-state index contributed by atoms with van der Waals surface area (Å²) in [7, 11) is 0. The molecular formula is C12H17N3O4. The van der Waals surface area contributed by atoms with Crippen LogP contribution in [0.1, 0.15) is 18.9 Å². The number of nitro groups is 1. The Bertz CT molecular complexity index is 462. The molecule has 3 N–H and O–H groups in total. The van der Waals surface area contributed by atoms with E-state index >= 15 is 0 Å². The monoisotopic (exact) mass is 267 g/mol. The Kier molecular flexibility index (Phi) is 5.74. The number of nitrogens with one attached hydrogen (secondary N) is 1. The van der Waals surface area contributed by atoms with E-state index in [1.165, 1.54) is 12.1 Å². The molecule has 0 saturated heterocycles. The van der Waals surface area contributed by atoms with Crippen LogP contribution in [0.5, 0.6) is 5.75 Å². The first-order chi connectivity index (χ1) is 9.08. The lowest BCUT2D eigenvalue weighted by molar-refractivity contribution is -0.385.